The molecule has 424 valence electrons. The number of carbonyl (C=O) groups excluding carboxylic acids is 1. The van der Waals surface area contributed by atoms with Gasteiger partial charge in [0.1, 0.15) is 11.5 Å². The van der Waals surface area contributed by atoms with Crippen LogP contribution in [0, 0.1) is 6.92 Å². The van der Waals surface area contributed by atoms with Crippen LogP contribution >= 0.6 is 31.0 Å². The maximum absolute atomic E-state index is 14.3. The number of likely N-dealkylation sites (tertiary alicyclic amines) is 1. The summed E-state index contributed by atoms with van der Waals surface area (Å²) in [5, 5.41) is 13.5. The van der Waals surface area contributed by atoms with Gasteiger partial charge in [-0.05, 0) is 130 Å². The summed E-state index contributed by atoms with van der Waals surface area (Å²) < 4.78 is 119. The number of sulfone groups is 1. The number of halogens is 4. The molecule has 1 aromatic heterocycles. The number of aromatic nitrogens is 1. The van der Waals surface area contributed by atoms with E-state index in [-0.39, 0.29) is 23.0 Å². The number of thioether (sulfide) groups is 1. The maximum atomic E-state index is 14.3. The molecule has 0 saturated carbocycles. The van der Waals surface area contributed by atoms with Crippen LogP contribution in [0.2, 0.25) is 5.02 Å². The average molecular weight is 1190 g/mol. The Morgan fingerprint density at radius 3 is 2.09 bits per heavy atom. The first kappa shape index (κ1) is 59.6. The number of hydrogen-bond donors (Lipinski definition) is 5. The number of carbonyl (C=O) groups is 1. The number of anilines is 4. The average Bonchev–Trinajstić information content (AvgIpc) is 3.91. The predicted molar refractivity (Wildman–Crippen MR) is 305 cm³/mol. The molecule has 5 N–H and O–H groups in total. The number of aliphatic hydroxyl groups is 1. The number of nitrogens with one attached hydrogen (secondary N) is 2. The van der Waals surface area contributed by atoms with Crippen molar-refractivity contribution in [2.75, 3.05) is 84.2 Å². The van der Waals surface area contributed by atoms with Gasteiger partial charge < -0.3 is 44.2 Å². The van der Waals surface area contributed by atoms with E-state index in [9.17, 15) is 54.3 Å². The highest BCUT2D eigenvalue weighted by molar-refractivity contribution is 7.99. The molecule has 8 rings (SSSR count). The lowest BCUT2D eigenvalue weighted by Crippen LogP contribution is -2.46. The normalized spacial score (nSPS) is 15.6. The first-order valence-corrected chi connectivity index (χ1v) is 31.8. The zero-order valence-corrected chi connectivity index (χ0v) is 47.7. The summed E-state index contributed by atoms with van der Waals surface area (Å²) in [6, 6.07) is 32.8. The summed E-state index contributed by atoms with van der Waals surface area (Å²) >= 11 is 7.74. The van der Waals surface area contributed by atoms with Crippen LogP contribution in [0.15, 0.2) is 136 Å². The third kappa shape index (κ3) is 14.7. The second-order valence-electron chi connectivity index (χ2n) is 19.8. The van der Waals surface area contributed by atoms with Gasteiger partial charge in [-0.25, -0.2) is 21.6 Å². The highest BCUT2D eigenvalue weighted by atomic mass is 35.5. The van der Waals surface area contributed by atoms with Crippen LogP contribution in [0.4, 0.5) is 35.9 Å². The number of esters is 1. The van der Waals surface area contributed by atoms with Crippen molar-refractivity contribution >= 4 is 79.5 Å². The van der Waals surface area contributed by atoms with Gasteiger partial charge in [0.25, 0.3) is 19.9 Å². The van der Waals surface area contributed by atoms with Crippen LogP contribution in [-0.4, -0.2) is 129 Å². The number of rotatable bonds is 21. The molecular formula is C55H63ClF3N6O10PS3. The van der Waals surface area contributed by atoms with Crippen LogP contribution in [0.1, 0.15) is 55.2 Å². The van der Waals surface area contributed by atoms with Gasteiger partial charge in [-0.15, -0.1) is 11.8 Å². The number of piperidine rings is 1. The molecule has 0 spiro atoms. The minimum atomic E-state index is -6.05. The number of nitrogens with zero attached hydrogens (tertiary/aromatic N) is 4. The van der Waals surface area contributed by atoms with E-state index in [0.717, 1.165) is 39.7 Å². The highest BCUT2D eigenvalue weighted by Gasteiger charge is 2.48. The maximum Gasteiger partial charge on any atom is 0.501 e. The third-order valence-corrected chi connectivity index (χ3v) is 19.0. The van der Waals surface area contributed by atoms with E-state index in [1.54, 1.807) is 24.3 Å². The van der Waals surface area contributed by atoms with Gasteiger partial charge in [0, 0.05) is 102 Å². The molecule has 79 heavy (non-hydrogen) atoms. The van der Waals surface area contributed by atoms with Gasteiger partial charge in [0.2, 0.25) is 0 Å². The topological polar surface area (TPSA) is 211 Å². The Morgan fingerprint density at radius 1 is 0.823 bits per heavy atom. The number of benzene rings is 5. The Bertz CT molecular complexity index is 3370. The van der Waals surface area contributed by atoms with Crippen LogP contribution < -0.4 is 19.8 Å². The number of sulfonamides is 1. The second-order valence-corrected chi connectivity index (χ2v) is 26.7. The molecule has 1 unspecified atom stereocenters. The van der Waals surface area contributed by atoms with Crippen LogP contribution in [0.25, 0.3) is 22.4 Å². The van der Waals surface area contributed by atoms with Gasteiger partial charge in [0.05, 0.1) is 34.1 Å². The molecule has 2 aliphatic rings. The van der Waals surface area contributed by atoms with Crippen molar-refractivity contribution in [2.45, 2.75) is 78.4 Å². The smallest absolute Gasteiger partial charge is 0.461 e. The van der Waals surface area contributed by atoms with Gasteiger partial charge in [-0.2, -0.15) is 13.2 Å². The molecule has 0 aliphatic carbocycles. The predicted octanol–water partition coefficient (Wildman–Crippen LogP) is 10.5. The molecule has 5 aromatic carbocycles. The molecule has 2 aliphatic heterocycles. The molecule has 24 heteroatoms. The molecule has 3 heterocycles. The van der Waals surface area contributed by atoms with Crippen LogP contribution in [0.5, 0.6) is 0 Å². The van der Waals surface area contributed by atoms with Gasteiger partial charge >= 0.3 is 19.1 Å². The van der Waals surface area contributed by atoms with Gasteiger partial charge in [-0.3, -0.25) is 9.29 Å². The lowest BCUT2D eigenvalue weighted by molar-refractivity contribution is -0.0436. The molecule has 16 nitrogen and oxygen atoms in total. The fourth-order valence-electron chi connectivity index (χ4n) is 9.89. The monoisotopic (exact) mass is 1190 g/mol. The van der Waals surface area contributed by atoms with Crippen molar-refractivity contribution in [1.29, 1.82) is 0 Å². The molecule has 0 radical (unpaired) electrons. The lowest BCUT2D eigenvalue weighted by Gasteiger charge is -2.37. The van der Waals surface area contributed by atoms with Crippen molar-refractivity contribution in [3.05, 3.63) is 138 Å². The first-order chi connectivity index (χ1) is 37.4. The molecular weight excluding hydrogens is 1120 g/mol. The van der Waals surface area contributed by atoms with E-state index in [1.165, 1.54) is 23.9 Å². The number of alkyl halides is 3. The SMILES string of the molecule is Cc1c(C(=O)OCCP(=O)(O)O)c(-c2cccc(N3CCN(c4ccc(NS(=O)(=O)c5ccc(NC(CCN6CCC(O)CC6)CSc6ccccc6)c(S(=O)(=O)C(F)(F)F)c5)cc4)CC3)c2)c(-c2ccc(Cl)cc2)n1C(C)C. The lowest BCUT2D eigenvalue weighted by atomic mass is 9.96. The third-order valence-electron chi connectivity index (χ3n) is 13.9. The van der Waals surface area contributed by atoms with Gasteiger partial charge in [-0.1, -0.05) is 54.1 Å². The summed E-state index contributed by atoms with van der Waals surface area (Å²) in [6.45, 7) is 9.35. The van der Waals surface area contributed by atoms with Crippen molar-refractivity contribution < 1.29 is 59.0 Å². The fraction of sp³-hybridized carbons (Fsp3) is 0.364. The van der Waals surface area contributed by atoms with Crippen LogP contribution in [0.3, 0.4) is 0 Å². The zero-order chi connectivity index (χ0) is 56.9. The van der Waals surface area contributed by atoms with Crippen molar-refractivity contribution in [3.63, 3.8) is 0 Å². The first-order valence-electron chi connectivity index (χ1n) is 25.6. The van der Waals surface area contributed by atoms with E-state index in [0.29, 0.717) is 98.7 Å². The summed E-state index contributed by atoms with van der Waals surface area (Å²) in [4.78, 5) is 38.3. The molecule has 0 bridgehead atoms. The van der Waals surface area contributed by atoms with E-state index in [2.05, 4.69) is 24.7 Å². The minimum Gasteiger partial charge on any atom is -0.461 e. The number of aliphatic hydroxyl groups excluding tert-OH is 1. The summed E-state index contributed by atoms with van der Waals surface area (Å²) in [7, 11) is -15.1. The Labute approximate surface area is 468 Å². The molecule has 1 atom stereocenters. The fourth-order valence-corrected chi connectivity index (χ4v) is 13.4. The van der Waals surface area contributed by atoms with Crippen molar-refractivity contribution in [1.82, 2.24) is 9.47 Å². The van der Waals surface area contributed by atoms with Gasteiger partial charge in [0.15, 0.2) is 0 Å². The Balaban J connectivity index is 0.979. The van der Waals surface area contributed by atoms with E-state index < -0.39 is 73.6 Å². The van der Waals surface area contributed by atoms with E-state index in [1.807, 2.05) is 92.1 Å². The van der Waals surface area contributed by atoms with Crippen LogP contribution in [-0.2, 0) is 29.2 Å². The standard InChI is InChI=1S/C55H63ClF3N6O10PS3/c1-37(2)65-38(3)51(54(67)75-32-33-76(68,69)70)52(53(65)39-12-14-41(56)15-13-39)40-8-7-9-45(34-40)64-30-28-63(29-31-64)44-18-16-42(17-19-44)61-79(73,74)48-20-21-49(50(35-48)78(71,72)55(57,58)59)60-43(36-77-47-10-5-4-6-11-47)22-25-62-26-23-46(66)24-27-62/h4-21,34-35,37,43,46,60-61,66H,22-33,36H2,1-3H3,(H2,68,69,70). The number of ether oxygens (including phenoxy) is 1. The minimum absolute atomic E-state index is 0.0920. The quantitative estimate of drug-likeness (QED) is 0.0258. The Morgan fingerprint density at radius 2 is 1.47 bits per heavy atom. The van der Waals surface area contributed by atoms with E-state index >= 15 is 0 Å². The Kier molecular flexibility index (Phi) is 18.9. The second kappa shape index (κ2) is 25.1. The number of piperazine rings is 1. The molecule has 2 fully saturated rings. The van der Waals surface area contributed by atoms with E-state index in [4.69, 9.17) is 16.3 Å². The molecule has 0 amide bonds. The van der Waals surface area contributed by atoms with Crippen molar-refractivity contribution in [3.8, 4) is 22.4 Å². The Hall–Kier alpha value is -5.55. The number of hydrogen-bond acceptors (Lipinski definition) is 13. The van der Waals surface area contributed by atoms with Crippen molar-refractivity contribution in [2.24, 2.45) is 0 Å². The zero-order valence-electron chi connectivity index (χ0n) is 43.6. The highest BCUT2D eigenvalue weighted by Crippen LogP contribution is 2.44. The summed E-state index contributed by atoms with van der Waals surface area (Å²) in [5.74, 6) is -0.367. The largest absolute Gasteiger partial charge is 0.501 e. The summed E-state index contributed by atoms with van der Waals surface area (Å²) in [6.07, 6.45) is 0.561. The molecule has 6 aromatic rings. The summed E-state index contributed by atoms with van der Waals surface area (Å²) in [5.41, 5.74) is -0.684. The molecule has 2 saturated heterocycles.